The number of nitrogens with one attached hydrogen (secondary N) is 2. The van der Waals surface area contributed by atoms with Gasteiger partial charge < -0.3 is 20.2 Å². The smallest absolute Gasteiger partial charge is 0.314 e. The van der Waals surface area contributed by atoms with Crippen molar-refractivity contribution < 1.29 is 14.3 Å². The summed E-state index contributed by atoms with van der Waals surface area (Å²) in [4.78, 5) is 11.6. The highest BCUT2D eigenvalue weighted by Gasteiger charge is 2.26. The van der Waals surface area contributed by atoms with Crippen LogP contribution < -0.4 is 10.6 Å². The lowest BCUT2D eigenvalue weighted by atomic mass is 10.0. The summed E-state index contributed by atoms with van der Waals surface area (Å²) in [5.74, 6) is 1.63. The standard InChI is InChI=1S/C13H20N2O3S/c1-13(17,11-5-2-6-18-11)9-15-12(16)14-8-10-4-3-7-19-10/h2,5-6,10,17H,3-4,7-9H2,1H3,(H2,14,15,16). The van der Waals surface area contributed by atoms with Crippen molar-refractivity contribution in [2.45, 2.75) is 30.6 Å². The van der Waals surface area contributed by atoms with Crippen molar-refractivity contribution in [2.24, 2.45) is 0 Å². The fraction of sp³-hybridized carbons (Fsp3) is 0.615. The summed E-state index contributed by atoms with van der Waals surface area (Å²) < 4.78 is 5.15. The highest BCUT2D eigenvalue weighted by atomic mass is 32.2. The van der Waals surface area contributed by atoms with Crippen LogP contribution in [-0.2, 0) is 5.60 Å². The van der Waals surface area contributed by atoms with Crippen molar-refractivity contribution in [3.05, 3.63) is 24.2 Å². The third kappa shape index (κ3) is 4.18. The Morgan fingerprint density at radius 1 is 1.63 bits per heavy atom. The van der Waals surface area contributed by atoms with Crippen molar-refractivity contribution in [2.75, 3.05) is 18.8 Å². The summed E-state index contributed by atoms with van der Waals surface area (Å²) in [5.41, 5.74) is -1.19. The topological polar surface area (TPSA) is 74.5 Å². The van der Waals surface area contributed by atoms with Crippen LogP contribution in [0.15, 0.2) is 22.8 Å². The molecule has 1 aliphatic heterocycles. The average Bonchev–Trinajstić information content (AvgIpc) is 3.06. The van der Waals surface area contributed by atoms with Crippen molar-refractivity contribution in [3.8, 4) is 0 Å². The molecule has 0 aromatic carbocycles. The predicted molar refractivity (Wildman–Crippen MR) is 75.2 cm³/mol. The number of hydrogen-bond acceptors (Lipinski definition) is 4. The zero-order chi connectivity index (χ0) is 13.7. The molecule has 6 heteroatoms. The van der Waals surface area contributed by atoms with E-state index in [4.69, 9.17) is 4.42 Å². The predicted octanol–water partition coefficient (Wildman–Crippen LogP) is 1.68. The Kier molecular flexibility index (Phi) is 4.76. The number of aliphatic hydroxyl groups is 1. The lowest BCUT2D eigenvalue weighted by molar-refractivity contribution is 0.0367. The van der Waals surface area contributed by atoms with Crippen molar-refractivity contribution in [1.29, 1.82) is 0 Å². The van der Waals surface area contributed by atoms with Crippen molar-refractivity contribution >= 4 is 17.8 Å². The molecule has 0 saturated carbocycles. The summed E-state index contributed by atoms with van der Waals surface area (Å²) in [7, 11) is 0. The van der Waals surface area contributed by atoms with Gasteiger partial charge in [-0.05, 0) is 37.7 Å². The van der Waals surface area contributed by atoms with Gasteiger partial charge in [-0.1, -0.05) is 0 Å². The van der Waals surface area contributed by atoms with Crippen molar-refractivity contribution in [3.63, 3.8) is 0 Å². The molecule has 2 atom stereocenters. The fourth-order valence-corrected chi connectivity index (χ4v) is 3.20. The first-order valence-corrected chi connectivity index (χ1v) is 7.52. The van der Waals surface area contributed by atoms with E-state index in [1.807, 2.05) is 11.8 Å². The number of carbonyl (C=O) groups is 1. The van der Waals surface area contributed by atoms with Gasteiger partial charge in [0.05, 0.1) is 12.8 Å². The number of hydrogen-bond donors (Lipinski definition) is 3. The molecule has 0 aliphatic carbocycles. The third-order valence-electron chi connectivity index (χ3n) is 3.16. The van der Waals surface area contributed by atoms with Gasteiger partial charge in [0.1, 0.15) is 11.4 Å². The normalized spacial score (nSPS) is 21.9. The summed E-state index contributed by atoms with van der Waals surface area (Å²) in [6, 6.07) is 3.15. The van der Waals surface area contributed by atoms with Gasteiger partial charge in [-0.3, -0.25) is 0 Å². The van der Waals surface area contributed by atoms with Gasteiger partial charge in [0.25, 0.3) is 0 Å². The Morgan fingerprint density at radius 3 is 3.11 bits per heavy atom. The van der Waals surface area contributed by atoms with Crippen LogP contribution in [0, 0.1) is 0 Å². The number of rotatable bonds is 5. The Morgan fingerprint density at radius 2 is 2.47 bits per heavy atom. The molecule has 2 rings (SSSR count). The maximum absolute atomic E-state index is 11.6. The molecule has 2 unspecified atom stereocenters. The molecule has 0 spiro atoms. The number of thioether (sulfide) groups is 1. The lowest BCUT2D eigenvalue weighted by Crippen LogP contribution is -2.44. The zero-order valence-corrected chi connectivity index (χ0v) is 11.8. The molecule has 2 heterocycles. The molecule has 2 amide bonds. The van der Waals surface area contributed by atoms with E-state index in [2.05, 4.69) is 10.6 Å². The number of amides is 2. The molecule has 3 N–H and O–H groups in total. The summed E-state index contributed by atoms with van der Waals surface area (Å²) in [6.45, 7) is 2.41. The molecule has 5 nitrogen and oxygen atoms in total. The minimum absolute atomic E-state index is 0.115. The average molecular weight is 284 g/mol. The molecule has 1 saturated heterocycles. The maximum Gasteiger partial charge on any atom is 0.314 e. The number of furan rings is 1. The van der Waals surface area contributed by atoms with E-state index in [0.717, 1.165) is 6.42 Å². The Balaban J connectivity index is 1.70. The van der Waals surface area contributed by atoms with E-state index < -0.39 is 5.60 Å². The Hall–Kier alpha value is -1.14. The van der Waals surface area contributed by atoms with E-state index in [1.54, 1.807) is 19.1 Å². The highest BCUT2D eigenvalue weighted by molar-refractivity contribution is 8.00. The van der Waals surface area contributed by atoms with Gasteiger partial charge in [-0.25, -0.2) is 4.79 Å². The van der Waals surface area contributed by atoms with E-state index in [0.29, 0.717) is 17.6 Å². The molecule has 106 valence electrons. The van der Waals surface area contributed by atoms with E-state index in [1.165, 1.54) is 18.4 Å². The quantitative estimate of drug-likeness (QED) is 0.769. The van der Waals surface area contributed by atoms with Crippen LogP contribution in [0.2, 0.25) is 0 Å². The first kappa shape index (κ1) is 14.3. The highest BCUT2D eigenvalue weighted by Crippen LogP contribution is 2.25. The molecule has 1 aromatic rings. The van der Waals surface area contributed by atoms with Gasteiger partial charge in [0.15, 0.2) is 0 Å². The van der Waals surface area contributed by atoms with Crippen LogP contribution in [0.3, 0.4) is 0 Å². The van der Waals surface area contributed by atoms with E-state index >= 15 is 0 Å². The van der Waals surface area contributed by atoms with Crippen LogP contribution in [0.25, 0.3) is 0 Å². The Labute approximate surface area is 117 Å². The Bertz CT molecular complexity index is 400. The molecule has 19 heavy (non-hydrogen) atoms. The molecular weight excluding hydrogens is 264 g/mol. The van der Waals surface area contributed by atoms with Crippen LogP contribution >= 0.6 is 11.8 Å². The first-order valence-electron chi connectivity index (χ1n) is 6.47. The summed E-state index contributed by atoms with van der Waals surface area (Å²) >= 11 is 1.90. The molecule has 0 bridgehead atoms. The first-order chi connectivity index (χ1) is 9.08. The molecule has 1 aliphatic rings. The van der Waals surface area contributed by atoms with Gasteiger partial charge in [-0.15, -0.1) is 0 Å². The van der Waals surface area contributed by atoms with Crippen molar-refractivity contribution in [1.82, 2.24) is 10.6 Å². The lowest BCUT2D eigenvalue weighted by Gasteiger charge is -2.21. The van der Waals surface area contributed by atoms with Crippen LogP contribution in [0.1, 0.15) is 25.5 Å². The van der Waals surface area contributed by atoms with Crippen LogP contribution in [0.5, 0.6) is 0 Å². The van der Waals surface area contributed by atoms with E-state index in [-0.39, 0.29) is 12.6 Å². The molecular formula is C13H20N2O3S. The van der Waals surface area contributed by atoms with Gasteiger partial charge in [0, 0.05) is 11.8 Å². The van der Waals surface area contributed by atoms with Gasteiger partial charge in [-0.2, -0.15) is 11.8 Å². The zero-order valence-electron chi connectivity index (χ0n) is 11.0. The maximum atomic E-state index is 11.6. The minimum Gasteiger partial charge on any atom is -0.466 e. The third-order valence-corrected chi connectivity index (χ3v) is 4.56. The van der Waals surface area contributed by atoms with Gasteiger partial charge >= 0.3 is 6.03 Å². The SMILES string of the molecule is CC(O)(CNC(=O)NCC1CCCS1)c1ccco1. The second kappa shape index (κ2) is 6.34. The van der Waals surface area contributed by atoms with Gasteiger partial charge in [0.2, 0.25) is 0 Å². The summed E-state index contributed by atoms with van der Waals surface area (Å²) in [5, 5.41) is 16.2. The van der Waals surface area contributed by atoms with Crippen LogP contribution in [0.4, 0.5) is 4.79 Å². The van der Waals surface area contributed by atoms with E-state index in [9.17, 15) is 9.90 Å². The second-order valence-corrected chi connectivity index (χ2v) is 6.36. The number of carbonyl (C=O) groups excluding carboxylic acids is 1. The van der Waals surface area contributed by atoms with Crippen LogP contribution in [-0.4, -0.2) is 35.2 Å². The minimum atomic E-state index is -1.19. The fourth-order valence-electron chi connectivity index (χ4n) is 2.00. The molecule has 1 fully saturated rings. The monoisotopic (exact) mass is 284 g/mol. The molecule has 0 radical (unpaired) electrons. The largest absolute Gasteiger partial charge is 0.466 e. The number of urea groups is 1. The summed E-state index contributed by atoms with van der Waals surface area (Å²) in [6.07, 6.45) is 3.89. The molecule has 1 aromatic heterocycles. The second-order valence-electron chi connectivity index (χ2n) is 4.95.